The summed E-state index contributed by atoms with van der Waals surface area (Å²) in [6, 6.07) is 15.6. The van der Waals surface area contributed by atoms with Gasteiger partial charge in [-0.15, -0.1) is 0 Å². The highest BCUT2D eigenvalue weighted by Gasteiger charge is 2.27. The number of aromatic nitrogens is 2. The van der Waals surface area contributed by atoms with Crippen LogP contribution in [0.4, 0.5) is 23.2 Å². The lowest BCUT2D eigenvalue weighted by molar-refractivity contribution is 0.248. The standard InChI is InChI=1S/C31H31F4N5O2/c1-20-29(38-14-12-37(13-15-38)17-21-10-11-26(34)27(35)16-21)30(41)40(19-28(36)22-6-3-2-4-7-22)31(42)39(20)18-23-24(32)8-5-9-25(23)33/h2-11,16,28H,12-15,17-19,36H2,1H3. The highest BCUT2D eigenvalue weighted by atomic mass is 19.2. The fourth-order valence-corrected chi connectivity index (χ4v) is 5.37. The average molecular weight is 582 g/mol. The van der Waals surface area contributed by atoms with Crippen molar-refractivity contribution >= 4 is 5.69 Å². The van der Waals surface area contributed by atoms with Gasteiger partial charge in [0.2, 0.25) is 0 Å². The van der Waals surface area contributed by atoms with Gasteiger partial charge in [-0.25, -0.2) is 22.4 Å². The predicted molar refractivity (Wildman–Crippen MR) is 152 cm³/mol. The second-order valence-corrected chi connectivity index (χ2v) is 10.4. The highest BCUT2D eigenvalue weighted by molar-refractivity contribution is 5.50. The molecule has 0 spiro atoms. The Bertz CT molecular complexity index is 1680. The lowest BCUT2D eigenvalue weighted by atomic mass is 10.1. The van der Waals surface area contributed by atoms with E-state index >= 15 is 0 Å². The Kier molecular flexibility index (Phi) is 8.60. The van der Waals surface area contributed by atoms with Crippen LogP contribution in [0.5, 0.6) is 0 Å². The molecule has 2 heterocycles. The Hall–Kier alpha value is -4.22. The summed E-state index contributed by atoms with van der Waals surface area (Å²) < 4.78 is 58.5. The van der Waals surface area contributed by atoms with Crippen molar-refractivity contribution < 1.29 is 17.6 Å². The molecule has 0 amide bonds. The number of nitrogens with two attached hydrogens (primary N) is 1. The fourth-order valence-electron chi connectivity index (χ4n) is 5.37. The topological polar surface area (TPSA) is 76.5 Å². The number of anilines is 1. The highest BCUT2D eigenvalue weighted by Crippen LogP contribution is 2.21. The van der Waals surface area contributed by atoms with Crippen LogP contribution in [0, 0.1) is 30.2 Å². The minimum Gasteiger partial charge on any atom is -0.363 e. The van der Waals surface area contributed by atoms with Gasteiger partial charge >= 0.3 is 5.69 Å². The van der Waals surface area contributed by atoms with Gasteiger partial charge in [0.05, 0.1) is 13.1 Å². The number of piperazine rings is 1. The van der Waals surface area contributed by atoms with Crippen molar-refractivity contribution in [3.8, 4) is 0 Å². The van der Waals surface area contributed by atoms with E-state index in [0.29, 0.717) is 38.3 Å². The summed E-state index contributed by atoms with van der Waals surface area (Å²) in [6.45, 7) is 3.24. The summed E-state index contributed by atoms with van der Waals surface area (Å²) >= 11 is 0. The molecule has 0 aliphatic carbocycles. The molecule has 5 rings (SSSR count). The molecule has 4 aromatic rings. The summed E-state index contributed by atoms with van der Waals surface area (Å²) in [4.78, 5) is 31.5. The maximum atomic E-state index is 14.6. The molecule has 2 N–H and O–H groups in total. The van der Waals surface area contributed by atoms with Crippen molar-refractivity contribution in [2.75, 3.05) is 31.1 Å². The zero-order valence-corrected chi connectivity index (χ0v) is 23.1. The third kappa shape index (κ3) is 6.02. The quantitative estimate of drug-likeness (QED) is 0.319. The molecule has 1 unspecified atom stereocenters. The van der Waals surface area contributed by atoms with Crippen LogP contribution in [0.25, 0.3) is 0 Å². The third-order valence-electron chi connectivity index (χ3n) is 7.72. The molecular formula is C31H31F4N5O2. The van der Waals surface area contributed by atoms with E-state index in [9.17, 15) is 27.2 Å². The first-order valence-corrected chi connectivity index (χ1v) is 13.6. The van der Waals surface area contributed by atoms with Crippen molar-refractivity contribution in [3.05, 3.63) is 133 Å². The Morgan fingerprint density at radius 3 is 2.07 bits per heavy atom. The Morgan fingerprint density at radius 1 is 0.762 bits per heavy atom. The Morgan fingerprint density at radius 2 is 1.43 bits per heavy atom. The van der Waals surface area contributed by atoms with Gasteiger partial charge in [-0.3, -0.25) is 18.8 Å². The van der Waals surface area contributed by atoms with Crippen molar-refractivity contribution in [2.24, 2.45) is 5.73 Å². The van der Waals surface area contributed by atoms with Gasteiger partial charge < -0.3 is 10.6 Å². The van der Waals surface area contributed by atoms with Gasteiger partial charge in [-0.05, 0) is 42.3 Å². The number of halogens is 4. The summed E-state index contributed by atoms with van der Waals surface area (Å²) in [6.07, 6.45) is 0. The third-order valence-corrected chi connectivity index (χ3v) is 7.72. The smallest absolute Gasteiger partial charge is 0.331 e. The molecular weight excluding hydrogens is 550 g/mol. The van der Waals surface area contributed by atoms with Gasteiger partial charge in [0, 0.05) is 50.0 Å². The molecule has 7 nitrogen and oxygen atoms in total. The largest absolute Gasteiger partial charge is 0.363 e. The molecule has 1 aliphatic heterocycles. The molecule has 0 bridgehead atoms. The van der Waals surface area contributed by atoms with Crippen LogP contribution in [-0.2, 0) is 19.6 Å². The molecule has 1 aliphatic rings. The first-order valence-electron chi connectivity index (χ1n) is 13.6. The lowest BCUT2D eigenvalue weighted by Crippen LogP contribution is -2.51. The molecule has 3 aromatic carbocycles. The molecule has 1 fully saturated rings. The molecule has 11 heteroatoms. The van der Waals surface area contributed by atoms with Crippen LogP contribution < -0.4 is 21.9 Å². The van der Waals surface area contributed by atoms with Gasteiger partial charge in [0.1, 0.15) is 17.3 Å². The van der Waals surface area contributed by atoms with Crippen molar-refractivity contribution in [1.29, 1.82) is 0 Å². The number of benzene rings is 3. The van der Waals surface area contributed by atoms with Crippen molar-refractivity contribution in [3.63, 3.8) is 0 Å². The van der Waals surface area contributed by atoms with E-state index in [0.717, 1.165) is 34.4 Å². The van der Waals surface area contributed by atoms with E-state index in [1.165, 1.54) is 16.7 Å². The zero-order chi connectivity index (χ0) is 30.0. The first-order chi connectivity index (χ1) is 20.1. The van der Waals surface area contributed by atoms with Gasteiger partial charge in [0.15, 0.2) is 11.6 Å². The van der Waals surface area contributed by atoms with E-state index < -0.39 is 47.1 Å². The van der Waals surface area contributed by atoms with E-state index in [1.807, 2.05) is 15.9 Å². The van der Waals surface area contributed by atoms with Crippen LogP contribution in [-0.4, -0.2) is 40.2 Å². The zero-order valence-electron chi connectivity index (χ0n) is 23.1. The summed E-state index contributed by atoms with van der Waals surface area (Å²) in [5.41, 5.74) is 6.73. The lowest BCUT2D eigenvalue weighted by Gasteiger charge is -2.37. The summed E-state index contributed by atoms with van der Waals surface area (Å²) in [7, 11) is 0. The fraction of sp³-hybridized carbons (Fsp3) is 0.290. The minimum atomic E-state index is -0.912. The summed E-state index contributed by atoms with van der Waals surface area (Å²) in [5.74, 6) is -3.42. The second-order valence-electron chi connectivity index (χ2n) is 10.4. The average Bonchev–Trinajstić information content (AvgIpc) is 2.98. The molecule has 0 radical (unpaired) electrons. The molecule has 1 saturated heterocycles. The van der Waals surface area contributed by atoms with Crippen LogP contribution in [0.2, 0.25) is 0 Å². The number of hydrogen-bond acceptors (Lipinski definition) is 5. The van der Waals surface area contributed by atoms with Crippen LogP contribution in [0.15, 0.2) is 76.3 Å². The van der Waals surface area contributed by atoms with Gasteiger partial charge in [0.25, 0.3) is 5.56 Å². The van der Waals surface area contributed by atoms with E-state index in [-0.39, 0.29) is 23.5 Å². The first kappa shape index (κ1) is 29.3. The van der Waals surface area contributed by atoms with Crippen molar-refractivity contribution in [2.45, 2.75) is 32.6 Å². The van der Waals surface area contributed by atoms with Gasteiger partial charge in [-0.1, -0.05) is 42.5 Å². The van der Waals surface area contributed by atoms with E-state index in [4.69, 9.17) is 5.73 Å². The monoisotopic (exact) mass is 581 g/mol. The van der Waals surface area contributed by atoms with Crippen molar-refractivity contribution in [1.82, 2.24) is 14.0 Å². The SMILES string of the molecule is Cc1c(N2CCN(Cc3ccc(F)c(F)c3)CC2)c(=O)n(CC(N)c2ccccc2)c(=O)n1Cc1c(F)cccc1F. The molecule has 1 atom stereocenters. The number of rotatable bonds is 8. The number of hydrogen-bond donors (Lipinski definition) is 1. The normalized spacial score (nSPS) is 14.8. The predicted octanol–water partition coefficient (Wildman–Crippen LogP) is 3.95. The molecule has 0 saturated carbocycles. The maximum Gasteiger partial charge on any atom is 0.331 e. The number of nitrogens with zero attached hydrogens (tertiary/aromatic N) is 4. The summed E-state index contributed by atoms with van der Waals surface area (Å²) in [5, 5.41) is 0. The Balaban J connectivity index is 1.49. The van der Waals surface area contributed by atoms with E-state index in [1.54, 1.807) is 31.2 Å². The Labute approximate surface area is 240 Å². The molecule has 1 aromatic heterocycles. The maximum absolute atomic E-state index is 14.6. The minimum absolute atomic E-state index is 0.134. The van der Waals surface area contributed by atoms with Crippen LogP contribution in [0.1, 0.15) is 28.4 Å². The molecule has 42 heavy (non-hydrogen) atoms. The molecule has 220 valence electrons. The van der Waals surface area contributed by atoms with E-state index in [2.05, 4.69) is 0 Å². The second kappa shape index (κ2) is 12.3. The van der Waals surface area contributed by atoms with Gasteiger partial charge in [-0.2, -0.15) is 0 Å². The van der Waals surface area contributed by atoms with Crippen LogP contribution >= 0.6 is 0 Å². The van der Waals surface area contributed by atoms with Crippen LogP contribution in [0.3, 0.4) is 0 Å².